The van der Waals surface area contributed by atoms with Crippen molar-refractivity contribution < 1.29 is 9.53 Å². The maximum Gasteiger partial charge on any atom is 0.331 e. The van der Waals surface area contributed by atoms with E-state index in [0.717, 1.165) is 22.5 Å². The van der Waals surface area contributed by atoms with Crippen LogP contribution in [-0.4, -0.2) is 23.6 Å². The minimum absolute atomic E-state index is 0.332. The number of carbonyl (C=O) groups is 1. The monoisotopic (exact) mass is 322 g/mol. The molecule has 1 aromatic heterocycles. The largest absolute Gasteiger partial charge is 0.463 e. The molecule has 1 fully saturated rings. The lowest BCUT2D eigenvalue weighted by atomic mass is 10.0. The van der Waals surface area contributed by atoms with Gasteiger partial charge in [0.05, 0.1) is 6.61 Å². The molecule has 1 aromatic rings. The molecule has 120 valence electrons. The SMILES string of the molecule is CCOC(=O)/C=C(\C)c1c(NC2CCCC2)cc(Cl)nc1C. The summed E-state index contributed by atoms with van der Waals surface area (Å²) in [6.07, 6.45) is 6.35. The van der Waals surface area contributed by atoms with Crippen LogP contribution in [0.25, 0.3) is 5.57 Å². The van der Waals surface area contributed by atoms with Gasteiger partial charge in [-0.3, -0.25) is 0 Å². The molecule has 0 atom stereocenters. The van der Waals surface area contributed by atoms with Gasteiger partial charge in [0.2, 0.25) is 0 Å². The van der Waals surface area contributed by atoms with E-state index in [1.54, 1.807) is 6.92 Å². The molecule has 0 bridgehead atoms. The van der Waals surface area contributed by atoms with Gasteiger partial charge in [-0.25, -0.2) is 9.78 Å². The number of ether oxygens (including phenoxy) is 1. The van der Waals surface area contributed by atoms with Gasteiger partial charge in [0.15, 0.2) is 0 Å². The Kier molecular flexibility index (Phi) is 5.83. The van der Waals surface area contributed by atoms with E-state index in [4.69, 9.17) is 16.3 Å². The molecular weight excluding hydrogens is 300 g/mol. The van der Waals surface area contributed by atoms with Crippen LogP contribution >= 0.6 is 11.6 Å². The van der Waals surface area contributed by atoms with Crippen LogP contribution < -0.4 is 5.32 Å². The molecule has 1 N–H and O–H groups in total. The van der Waals surface area contributed by atoms with Crippen LogP contribution in [0.2, 0.25) is 5.15 Å². The van der Waals surface area contributed by atoms with E-state index in [1.807, 2.05) is 19.9 Å². The van der Waals surface area contributed by atoms with Gasteiger partial charge in [-0.15, -0.1) is 0 Å². The molecule has 0 unspecified atom stereocenters. The summed E-state index contributed by atoms with van der Waals surface area (Å²) >= 11 is 6.11. The van der Waals surface area contributed by atoms with Crippen LogP contribution in [0.3, 0.4) is 0 Å². The molecule has 22 heavy (non-hydrogen) atoms. The summed E-state index contributed by atoms with van der Waals surface area (Å²) < 4.78 is 4.99. The van der Waals surface area contributed by atoms with Crippen molar-refractivity contribution in [3.05, 3.63) is 28.6 Å². The zero-order chi connectivity index (χ0) is 16.1. The van der Waals surface area contributed by atoms with Gasteiger partial charge >= 0.3 is 5.97 Å². The maximum atomic E-state index is 11.7. The minimum atomic E-state index is -0.332. The normalized spacial score (nSPS) is 15.9. The van der Waals surface area contributed by atoms with Crippen LogP contribution in [-0.2, 0) is 9.53 Å². The van der Waals surface area contributed by atoms with E-state index in [2.05, 4.69) is 10.3 Å². The Morgan fingerprint density at radius 3 is 2.82 bits per heavy atom. The van der Waals surface area contributed by atoms with Crippen LogP contribution in [0, 0.1) is 6.92 Å². The summed E-state index contributed by atoms with van der Waals surface area (Å²) in [4.78, 5) is 16.0. The number of halogens is 1. The fourth-order valence-electron chi connectivity index (χ4n) is 2.97. The van der Waals surface area contributed by atoms with Gasteiger partial charge in [0, 0.05) is 29.1 Å². The van der Waals surface area contributed by atoms with Gasteiger partial charge in [0.1, 0.15) is 5.15 Å². The Labute approximate surface area is 136 Å². The molecular formula is C17H23ClN2O2. The predicted octanol–water partition coefficient (Wildman–Crippen LogP) is 4.36. The number of anilines is 1. The first-order chi connectivity index (χ1) is 10.5. The number of carbonyl (C=O) groups excluding carboxylic acids is 1. The third-order valence-corrected chi connectivity index (χ3v) is 4.09. The van der Waals surface area contributed by atoms with E-state index in [-0.39, 0.29) is 5.97 Å². The number of aryl methyl sites for hydroxylation is 1. The molecule has 4 nitrogen and oxygen atoms in total. The summed E-state index contributed by atoms with van der Waals surface area (Å²) in [5.74, 6) is -0.332. The highest BCUT2D eigenvalue weighted by molar-refractivity contribution is 6.29. The second-order valence-electron chi connectivity index (χ2n) is 5.66. The second kappa shape index (κ2) is 7.63. The number of nitrogens with zero attached hydrogens (tertiary/aromatic N) is 1. The van der Waals surface area contributed by atoms with Gasteiger partial charge in [-0.1, -0.05) is 24.4 Å². The van der Waals surface area contributed by atoms with Crippen molar-refractivity contribution in [2.45, 2.75) is 52.5 Å². The average molecular weight is 323 g/mol. The number of nitrogens with one attached hydrogen (secondary N) is 1. The molecule has 0 amide bonds. The molecule has 1 aliphatic rings. The lowest BCUT2D eigenvalue weighted by Gasteiger charge is -2.19. The predicted molar refractivity (Wildman–Crippen MR) is 90.1 cm³/mol. The molecule has 0 saturated heterocycles. The Balaban J connectivity index is 2.33. The van der Waals surface area contributed by atoms with Gasteiger partial charge in [0.25, 0.3) is 0 Å². The number of allylic oxidation sites excluding steroid dienone is 1. The van der Waals surface area contributed by atoms with Crippen molar-refractivity contribution in [2.75, 3.05) is 11.9 Å². The van der Waals surface area contributed by atoms with Crippen LogP contribution in [0.4, 0.5) is 5.69 Å². The Morgan fingerprint density at radius 1 is 1.50 bits per heavy atom. The first kappa shape index (κ1) is 16.8. The molecule has 0 spiro atoms. The number of rotatable bonds is 5. The number of aromatic nitrogens is 1. The zero-order valence-electron chi connectivity index (χ0n) is 13.4. The molecule has 0 aliphatic heterocycles. The summed E-state index contributed by atoms with van der Waals surface area (Å²) in [6, 6.07) is 2.30. The van der Waals surface area contributed by atoms with Crippen molar-refractivity contribution in [2.24, 2.45) is 0 Å². The van der Waals surface area contributed by atoms with E-state index in [9.17, 15) is 4.79 Å². The highest BCUT2D eigenvalue weighted by Crippen LogP contribution is 2.31. The molecule has 5 heteroatoms. The van der Waals surface area contributed by atoms with Crippen LogP contribution in [0.5, 0.6) is 0 Å². The fraction of sp³-hybridized carbons (Fsp3) is 0.529. The summed E-state index contributed by atoms with van der Waals surface area (Å²) in [5, 5.41) is 4.02. The summed E-state index contributed by atoms with van der Waals surface area (Å²) in [5.41, 5.74) is 3.53. The molecule has 0 aromatic carbocycles. The highest BCUT2D eigenvalue weighted by Gasteiger charge is 2.18. The first-order valence-corrected chi connectivity index (χ1v) is 8.18. The second-order valence-corrected chi connectivity index (χ2v) is 6.05. The highest BCUT2D eigenvalue weighted by atomic mass is 35.5. The molecule has 2 rings (SSSR count). The first-order valence-electron chi connectivity index (χ1n) is 7.80. The van der Waals surface area contributed by atoms with Crippen LogP contribution in [0.1, 0.15) is 50.8 Å². The third-order valence-electron chi connectivity index (χ3n) is 3.90. The van der Waals surface area contributed by atoms with E-state index in [1.165, 1.54) is 31.8 Å². The number of hydrogen-bond donors (Lipinski definition) is 1. The third kappa shape index (κ3) is 4.23. The Hall–Kier alpha value is -1.55. The molecule has 0 radical (unpaired) electrons. The lowest BCUT2D eigenvalue weighted by molar-refractivity contribution is -0.137. The van der Waals surface area contributed by atoms with Crippen molar-refractivity contribution >= 4 is 28.8 Å². The fourth-order valence-corrected chi connectivity index (χ4v) is 3.20. The van der Waals surface area contributed by atoms with E-state index in [0.29, 0.717) is 17.8 Å². The van der Waals surface area contributed by atoms with Crippen LogP contribution in [0.15, 0.2) is 12.1 Å². The van der Waals surface area contributed by atoms with Crippen molar-refractivity contribution in [3.8, 4) is 0 Å². The number of hydrogen-bond acceptors (Lipinski definition) is 4. The zero-order valence-corrected chi connectivity index (χ0v) is 14.2. The summed E-state index contributed by atoms with van der Waals surface area (Å²) in [7, 11) is 0. The van der Waals surface area contributed by atoms with Crippen molar-refractivity contribution in [3.63, 3.8) is 0 Å². The summed E-state index contributed by atoms with van der Waals surface area (Å²) in [6.45, 7) is 5.97. The standard InChI is InChI=1S/C17H23ClN2O2/c1-4-22-16(21)9-11(2)17-12(3)19-15(18)10-14(17)20-13-7-5-6-8-13/h9-10,13H,4-8H2,1-3H3,(H,19,20)/b11-9+. The minimum Gasteiger partial charge on any atom is -0.463 e. The smallest absolute Gasteiger partial charge is 0.331 e. The number of pyridine rings is 1. The van der Waals surface area contributed by atoms with Gasteiger partial charge in [-0.05, 0) is 45.3 Å². The lowest BCUT2D eigenvalue weighted by Crippen LogP contribution is -2.16. The molecule has 1 aliphatic carbocycles. The number of esters is 1. The molecule has 1 heterocycles. The van der Waals surface area contributed by atoms with Crippen molar-refractivity contribution in [1.29, 1.82) is 0 Å². The Bertz CT molecular complexity index is 578. The van der Waals surface area contributed by atoms with Gasteiger partial charge < -0.3 is 10.1 Å². The van der Waals surface area contributed by atoms with E-state index >= 15 is 0 Å². The topological polar surface area (TPSA) is 51.2 Å². The quantitative estimate of drug-likeness (QED) is 0.497. The Morgan fingerprint density at radius 2 is 2.18 bits per heavy atom. The maximum absolute atomic E-state index is 11.7. The van der Waals surface area contributed by atoms with E-state index < -0.39 is 0 Å². The molecule has 1 saturated carbocycles. The average Bonchev–Trinajstić information content (AvgIpc) is 2.90. The van der Waals surface area contributed by atoms with Gasteiger partial charge in [-0.2, -0.15) is 0 Å². The van der Waals surface area contributed by atoms with Crippen molar-refractivity contribution in [1.82, 2.24) is 4.98 Å².